The predicted molar refractivity (Wildman–Crippen MR) is 83.4 cm³/mol. The van der Waals surface area contributed by atoms with Gasteiger partial charge in [0.15, 0.2) is 0 Å². The van der Waals surface area contributed by atoms with Crippen molar-refractivity contribution in [1.82, 2.24) is 14.7 Å². The number of halogens is 3. The number of aryl methyl sites for hydroxylation is 1. The molecule has 128 valence electrons. The van der Waals surface area contributed by atoms with Crippen molar-refractivity contribution < 1.29 is 18.0 Å². The molecule has 7 heteroatoms. The topological polar surface area (TPSA) is 38.1 Å². The Balaban J connectivity index is 1.91. The number of carbonyl (C=O) groups is 1. The van der Waals surface area contributed by atoms with E-state index < -0.39 is 18.1 Å². The first-order valence-electron chi connectivity index (χ1n) is 7.85. The van der Waals surface area contributed by atoms with Crippen molar-refractivity contribution in [1.29, 1.82) is 0 Å². The predicted octanol–water partition coefficient (Wildman–Crippen LogP) is 3.64. The Morgan fingerprint density at radius 3 is 2.58 bits per heavy atom. The summed E-state index contributed by atoms with van der Waals surface area (Å²) in [6, 6.07) is 9.08. The van der Waals surface area contributed by atoms with Gasteiger partial charge in [0, 0.05) is 19.2 Å². The van der Waals surface area contributed by atoms with E-state index in [4.69, 9.17) is 0 Å². The van der Waals surface area contributed by atoms with E-state index in [1.54, 1.807) is 13.1 Å². The van der Waals surface area contributed by atoms with Crippen molar-refractivity contribution in [2.24, 2.45) is 7.05 Å². The van der Waals surface area contributed by atoms with Crippen LogP contribution in [0.15, 0.2) is 36.4 Å². The van der Waals surface area contributed by atoms with Gasteiger partial charge in [-0.25, -0.2) is 0 Å². The zero-order valence-corrected chi connectivity index (χ0v) is 13.3. The average Bonchev–Trinajstić information content (AvgIpc) is 2.96. The van der Waals surface area contributed by atoms with Gasteiger partial charge in [-0.15, -0.1) is 0 Å². The highest BCUT2D eigenvalue weighted by Gasteiger charge is 2.46. The second-order valence-corrected chi connectivity index (χ2v) is 5.96. The molecule has 1 aliphatic heterocycles. The van der Waals surface area contributed by atoms with Crippen LogP contribution in [-0.2, 0) is 7.05 Å². The molecule has 4 nitrogen and oxygen atoms in total. The third-order valence-electron chi connectivity index (χ3n) is 4.31. The first kappa shape index (κ1) is 16.5. The second-order valence-electron chi connectivity index (χ2n) is 5.96. The molecule has 2 heterocycles. The first-order chi connectivity index (χ1) is 11.4. The Kier molecular flexibility index (Phi) is 4.34. The Bertz CT molecular complexity index is 724. The number of likely N-dealkylation sites (tertiary alicyclic amines) is 1. The third kappa shape index (κ3) is 3.16. The summed E-state index contributed by atoms with van der Waals surface area (Å²) < 4.78 is 41.0. The molecule has 1 aromatic carbocycles. The summed E-state index contributed by atoms with van der Waals surface area (Å²) >= 11 is 0. The van der Waals surface area contributed by atoms with Gasteiger partial charge in [-0.3, -0.25) is 9.48 Å². The lowest BCUT2D eigenvalue weighted by Gasteiger charge is -2.36. The van der Waals surface area contributed by atoms with Crippen LogP contribution in [0, 0.1) is 0 Å². The van der Waals surface area contributed by atoms with Gasteiger partial charge in [-0.1, -0.05) is 30.3 Å². The number of benzene rings is 1. The molecular formula is C17H18F3N3O. The quantitative estimate of drug-likeness (QED) is 0.839. The van der Waals surface area contributed by atoms with Crippen molar-refractivity contribution in [3.05, 3.63) is 42.1 Å². The van der Waals surface area contributed by atoms with Crippen molar-refractivity contribution in [3.63, 3.8) is 0 Å². The van der Waals surface area contributed by atoms with Crippen LogP contribution < -0.4 is 0 Å². The fraction of sp³-hybridized carbons (Fsp3) is 0.412. The Morgan fingerprint density at radius 2 is 1.92 bits per heavy atom. The van der Waals surface area contributed by atoms with Crippen LogP contribution in [0.25, 0.3) is 11.3 Å². The van der Waals surface area contributed by atoms with Crippen LogP contribution in [0.1, 0.15) is 29.8 Å². The van der Waals surface area contributed by atoms with Crippen LogP contribution in [-0.4, -0.2) is 39.4 Å². The molecule has 0 aliphatic carbocycles. The number of hydrogen-bond acceptors (Lipinski definition) is 2. The maximum absolute atomic E-state index is 13.2. The molecule has 1 unspecified atom stereocenters. The SMILES string of the molecule is Cn1nc(-c2ccccc2)cc1C(=O)N1CCCCC1C(F)(F)F. The molecule has 1 atom stereocenters. The van der Waals surface area contributed by atoms with Crippen LogP contribution in [0.4, 0.5) is 13.2 Å². The lowest BCUT2D eigenvalue weighted by Crippen LogP contribution is -2.51. The molecule has 0 N–H and O–H groups in total. The highest BCUT2D eigenvalue weighted by molar-refractivity contribution is 5.94. The molecule has 24 heavy (non-hydrogen) atoms. The van der Waals surface area contributed by atoms with Gasteiger partial charge in [0.25, 0.3) is 5.91 Å². The van der Waals surface area contributed by atoms with Gasteiger partial charge in [-0.2, -0.15) is 18.3 Å². The summed E-state index contributed by atoms with van der Waals surface area (Å²) in [5.41, 5.74) is 1.56. The zero-order valence-electron chi connectivity index (χ0n) is 13.3. The lowest BCUT2D eigenvalue weighted by molar-refractivity contribution is -0.183. The summed E-state index contributed by atoms with van der Waals surface area (Å²) in [4.78, 5) is 13.6. The number of hydrogen-bond donors (Lipinski definition) is 0. The number of rotatable bonds is 2. The summed E-state index contributed by atoms with van der Waals surface area (Å²) in [6.45, 7) is 0.120. The van der Waals surface area contributed by atoms with Crippen molar-refractivity contribution >= 4 is 5.91 Å². The van der Waals surface area contributed by atoms with Gasteiger partial charge in [-0.05, 0) is 25.3 Å². The van der Waals surface area contributed by atoms with Crippen molar-refractivity contribution in [3.8, 4) is 11.3 Å². The summed E-state index contributed by atoms with van der Waals surface area (Å²) in [6.07, 6.45) is -3.38. The van der Waals surface area contributed by atoms with E-state index in [1.165, 1.54) is 4.68 Å². The number of amides is 1. The van der Waals surface area contributed by atoms with Crippen LogP contribution in [0.5, 0.6) is 0 Å². The van der Waals surface area contributed by atoms with Gasteiger partial charge in [0.2, 0.25) is 0 Å². The van der Waals surface area contributed by atoms with E-state index in [0.29, 0.717) is 18.5 Å². The van der Waals surface area contributed by atoms with E-state index in [-0.39, 0.29) is 18.7 Å². The number of aromatic nitrogens is 2. The molecule has 1 fully saturated rings. The van der Waals surface area contributed by atoms with Gasteiger partial charge in [0.05, 0.1) is 5.69 Å². The fourth-order valence-corrected chi connectivity index (χ4v) is 3.08. The Morgan fingerprint density at radius 1 is 1.21 bits per heavy atom. The Labute approximate surface area is 137 Å². The third-order valence-corrected chi connectivity index (χ3v) is 4.31. The molecule has 1 aliphatic rings. The molecule has 1 aromatic heterocycles. The van der Waals surface area contributed by atoms with E-state index in [2.05, 4.69) is 5.10 Å². The van der Waals surface area contributed by atoms with Crippen molar-refractivity contribution in [2.45, 2.75) is 31.5 Å². The largest absolute Gasteiger partial charge is 0.408 e. The second kappa shape index (κ2) is 6.30. The van der Waals surface area contributed by atoms with E-state index in [1.807, 2.05) is 30.3 Å². The summed E-state index contributed by atoms with van der Waals surface area (Å²) in [7, 11) is 1.58. The zero-order chi connectivity index (χ0) is 17.3. The molecular weight excluding hydrogens is 319 g/mol. The van der Waals surface area contributed by atoms with E-state index in [9.17, 15) is 18.0 Å². The minimum absolute atomic E-state index is 0.0430. The highest BCUT2D eigenvalue weighted by Crippen LogP contribution is 2.33. The molecule has 1 saturated heterocycles. The molecule has 1 amide bonds. The van der Waals surface area contributed by atoms with Crippen LogP contribution >= 0.6 is 0 Å². The maximum Gasteiger partial charge on any atom is 0.408 e. The number of alkyl halides is 3. The smallest absolute Gasteiger partial charge is 0.325 e. The van der Waals surface area contributed by atoms with Crippen LogP contribution in [0.2, 0.25) is 0 Å². The van der Waals surface area contributed by atoms with Crippen molar-refractivity contribution in [2.75, 3.05) is 6.54 Å². The van der Waals surface area contributed by atoms with Crippen LogP contribution in [0.3, 0.4) is 0 Å². The fourth-order valence-electron chi connectivity index (χ4n) is 3.08. The minimum Gasteiger partial charge on any atom is -0.325 e. The first-order valence-corrected chi connectivity index (χ1v) is 7.85. The standard InChI is InChI=1S/C17H18F3N3O/c1-22-14(11-13(21-22)12-7-3-2-4-8-12)16(24)23-10-6-5-9-15(23)17(18,19)20/h2-4,7-8,11,15H,5-6,9-10H2,1H3. The van der Waals surface area contributed by atoms with Gasteiger partial charge < -0.3 is 4.90 Å². The minimum atomic E-state index is -4.41. The monoisotopic (exact) mass is 337 g/mol. The lowest BCUT2D eigenvalue weighted by atomic mass is 10.0. The molecule has 0 spiro atoms. The van der Waals surface area contributed by atoms with E-state index in [0.717, 1.165) is 10.5 Å². The molecule has 0 radical (unpaired) electrons. The normalized spacial score (nSPS) is 18.7. The number of piperidine rings is 1. The molecule has 0 saturated carbocycles. The molecule has 2 aromatic rings. The Hall–Kier alpha value is -2.31. The maximum atomic E-state index is 13.2. The molecule has 3 rings (SSSR count). The summed E-state index contributed by atoms with van der Waals surface area (Å²) in [5.74, 6) is -0.616. The van der Waals surface area contributed by atoms with Gasteiger partial charge >= 0.3 is 6.18 Å². The average molecular weight is 337 g/mol. The number of carbonyl (C=O) groups excluding carboxylic acids is 1. The van der Waals surface area contributed by atoms with E-state index >= 15 is 0 Å². The number of nitrogens with zero attached hydrogens (tertiary/aromatic N) is 3. The summed E-state index contributed by atoms with van der Waals surface area (Å²) in [5, 5.41) is 4.27. The van der Waals surface area contributed by atoms with Gasteiger partial charge in [0.1, 0.15) is 11.7 Å². The highest BCUT2D eigenvalue weighted by atomic mass is 19.4. The molecule has 0 bridgehead atoms.